The van der Waals surface area contributed by atoms with Gasteiger partial charge in [-0.3, -0.25) is 9.59 Å². The van der Waals surface area contributed by atoms with Crippen LogP contribution >= 0.6 is 0 Å². The normalized spacial score (nSPS) is 13.4. The van der Waals surface area contributed by atoms with Crippen LogP contribution in [0.1, 0.15) is 50.5 Å². The number of aryl methyl sites for hydroxylation is 1. The predicted molar refractivity (Wildman–Crippen MR) is 119 cm³/mol. The van der Waals surface area contributed by atoms with E-state index in [2.05, 4.69) is 28.6 Å². The minimum Gasteiger partial charge on any atom is -0.497 e. The molecule has 2 amide bonds. The lowest BCUT2D eigenvalue weighted by Crippen LogP contribution is -2.28. The van der Waals surface area contributed by atoms with E-state index >= 15 is 0 Å². The van der Waals surface area contributed by atoms with Gasteiger partial charge in [0.25, 0.3) is 11.8 Å². The van der Waals surface area contributed by atoms with Crippen LogP contribution < -0.4 is 10.1 Å². The van der Waals surface area contributed by atoms with Crippen molar-refractivity contribution in [2.24, 2.45) is 0 Å². The summed E-state index contributed by atoms with van der Waals surface area (Å²) in [5, 5.41) is 20.1. The standard InChI is InChI=1S/C24H24N6O3/c1-3-16-4-6-17(7-5-16)21(13-25)26-23(31)22-15-30(28-27-22)11-10-29-14-18-12-19(33-2)8-9-20(18)24(29)32/h4-9,12,15,21H,3,10-11,14H2,1-2H3,(H,26,31). The molecule has 168 valence electrons. The number of nitrogens with zero attached hydrogens (tertiary/aromatic N) is 5. The molecule has 0 fully saturated rings. The minimum absolute atomic E-state index is 0.0447. The number of benzene rings is 2. The van der Waals surface area contributed by atoms with Crippen LogP contribution in [-0.4, -0.2) is 45.4 Å². The van der Waals surface area contributed by atoms with E-state index in [0.29, 0.717) is 36.5 Å². The molecular weight excluding hydrogens is 420 g/mol. The quantitative estimate of drug-likeness (QED) is 0.571. The highest BCUT2D eigenvalue weighted by Crippen LogP contribution is 2.26. The average molecular weight is 444 g/mol. The number of hydrogen-bond donors (Lipinski definition) is 1. The number of nitriles is 1. The van der Waals surface area contributed by atoms with Crippen LogP contribution in [0.15, 0.2) is 48.7 Å². The Hall–Kier alpha value is -4.19. The number of nitrogens with one attached hydrogen (secondary N) is 1. The summed E-state index contributed by atoms with van der Waals surface area (Å²) in [5.41, 5.74) is 3.57. The van der Waals surface area contributed by atoms with E-state index < -0.39 is 11.9 Å². The van der Waals surface area contributed by atoms with Gasteiger partial charge < -0.3 is 15.0 Å². The Morgan fingerprint density at radius 2 is 2.03 bits per heavy atom. The van der Waals surface area contributed by atoms with Gasteiger partial charge in [-0.25, -0.2) is 4.68 Å². The summed E-state index contributed by atoms with van der Waals surface area (Å²) in [7, 11) is 1.59. The van der Waals surface area contributed by atoms with Gasteiger partial charge in [-0.05, 0) is 41.3 Å². The number of aromatic nitrogens is 3. The van der Waals surface area contributed by atoms with Gasteiger partial charge in [-0.15, -0.1) is 5.10 Å². The van der Waals surface area contributed by atoms with Crippen LogP contribution in [0.4, 0.5) is 0 Å². The first kappa shape index (κ1) is 22.0. The molecule has 0 aliphatic carbocycles. The van der Waals surface area contributed by atoms with Gasteiger partial charge in [0.1, 0.15) is 11.8 Å². The molecule has 0 saturated carbocycles. The Bertz CT molecular complexity index is 1210. The molecule has 1 aliphatic rings. The van der Waals surface area contributed by atoms with Crippen molar-refractivity contribution in [2.75, 3.05) is 13.7 Å². The third-order valence-corrected chi connectivity index (χ3v) is 5.69. The summed E-state index contributed by atoms with van der Waals surface area (Å²) in [5.74, 6) is 0.188. The summed E-state index contributed by atoms with van der Waals surface area (Å²) < 4.78 is 6.75. The minimum atomic E-state index is -0.786. The van der Waals surface area contributed by atoms with E-state index in [0.717, 1.165) is 17.5 Å². The molecule has 4 rings (SSSR count). The molecular formula is C24H24N6O3. The fourth-order valence-electron chi connectivity index (χ4n) is 3.74. The van der Waals surface area contributed by atoms with E-state index in [1.807, 2.05) is 30.3 Å². The lowest BCUT2D eigenvalue weighted by molar-refractivity contribution is 0.0770. The monoisotopic (exact) mass is 444 g/mol. The SMILES string of the molecule is CCc1ccc(C(C#N)NC(=O)c2cn(CCN3Cc4cc(OC)ccc4C3=O)nn2)cc1. The van der Waals surface area contributed by atoms with Crippen LogP contribution in [0.25, 0.3) is 0 Å². The molecule has 1 aromatic heterocycles. The molecule has 0 radical (unpaired) electrons. The second kappa shape index (κ2) is 9.53. The van der Waals surface area contributed by atoms with Crippen molar-refractivity contribution in [3.8, 4) is 11.8 Å². The average Bonchev–Trinajstić information content (AvgIpc) is 3.45. The Balaban J connectivity index is 1.35. The molecule has 0 bridgehead atoms. The largest absolute Gasteiger partial charge is 0.497 e. The van der Waals surface area contributed by atoms with E-state index in [1.54, 1.807) is 24.1 Å². The summed E-state index contributed by atoms with van der Waals surface area (Å²) in [4.78, 5) is 26.9. The highest BCUT2D eigenvalue weighted by molar-refractivity contribution is 5.98. The Morgan fingerprint density at radius 3 is 2.73 bits per heavy atom. The Morgan fingerprint density at radius 1 is 1.24 bits per heavy atom. The maximum atomic E-state index is 12.6. The molecule has 9 heteroatoms. The van der Waals surface area contributed by atoms with Gasteiger partial charge in [-0.1, -0.05) is 36.4 Å². The molecule has 0 saturated heterocycles. The molecule has 0 spiro atoms. The molecule has 33 heavy (non-hydrogen) atoms. The van der Waals surface area contributed by atoms with E-state index in [-0.39, 0.29) is 11.6 Å². The Labute approximate surface area is 191 Å². The van der Waals surface area contributed by atoms with Crippen molar-refractivity contribution in [1.29, 1.82) is 5.26 Å². The first-order valence-corrected chi connectivity index (χ1v) is 10.7. The van der Waals surface area contributed by atoms with Crippen molar-refractivity contribution in [1.82, 2.24) is 25.2 Å². The second-order valence-corrected chi connectivity index (χ2v) is 7.75. The van der Waals surface area contributed by atoms with Crippen molar-refractivity contribution >= 4 is 11.8 Å². The lowest BCUT2D eigenvalue weighted by Gasteiger charge is -2.14. The van der Waals surface area contributed by atoms with Crippen molar-refractivity contribution in [2.45, 2.75) is 32.5 Å². The van der Waals surface area contributed by atoms with Crippen LogP contribution in [0.2, 0.25) is 0 Å². The number of hydrogen-bond acceptors (Lipinski definition) is 6. The number of rotatable bonds is 8. The van der Waals surface area contributed by atoms with Gasteiger partial charge in [0, 0.05) is 18.7 Å². The van der Waals surface area contributed by atoms with Crippen LogP contribution in [0.3, 0.4) is 0 Å². The van der Waals surface area contributed by atoms with Gasteiger partial charge in [-0.2, -0.15) is 5.26 Å². The molecule has 1 aliphatic heterocycles. The number of methoxy groups -OCH3 is 1. The number of amides is 2. The number of carbonyl (C=O) groups is 2. The van der Waals surface area contributed by atoms with E-state index in [4.69, 9.17) is 4.74 Å². The molecule has 1 atom stereocenters. The smallest absolute Gasteiger partial charge is 0.274 e. The Kier molecular flexibility index (Phi) is 6.36. The van der Waals surface area contributed by atoms with E-state index in [1.165, 1.54) is 10.9 Å². The number of fused-ring (bicyclic) bond motifs is 1. The van der Waals surface area contributed by atoms with E-state index in [9.17, 15) is 14.9 Å². The molecule has 2 heterocycles. The summed E-state index contributed by atoms with van der Waals surface area (Å²) in [6.45, 7) is 3.35. The van der Waals surface area contributed by atoms with Gasteiger partial charge in [0.2, 0.25) is 0 Å². The van der Waals surface area contributed by atoms with Crippen molar-refractivity contribution in [3.63, 3.8) is 0 Å². The first-order valence-electron chi connectivity index (χ1n) is 10.7. The zero-order chi connectivity index (χ0) is 23.4. The maximum Gasteiger partial charge on any atom is 0.274 e. The molecule has 1 N–H and O–H groups in total. The molecule has 3 aromatic rings. The number of ether oxygens (including phenoxy) is 1. The highest BCUT2D eigenvalue weighted by Gasteiger charge is 2.27. The van der Waals surface area contributed by atoms with Crippen molar-refractivity contribution < 1.29 is 14.3 Å². The predicted octanol–water partition coefficient (Wildman–Crippen LogP) is 2.50. The third kappa shape index (κ3) is 4.70. The third-order valence-electron chi connectivity index (χ3n) is 5.69. The van der Waals surface area contributed by atoms with Crippen molar-refractivity contribution in [3.05, 3.63) is 76.6 Å². The topological polar surface area (TPSA) is 113 Å². The van der Waals surface area contributed by atoms with Crippen LogP contribution in [0.5, 0.6) is 5.75 Å². The molecule has 9 nitrogen and oxygen atoms in total. The summed E-state index contributed by atoms with van der Waals surface area (Å²) >= 11 is 0. The van der Waals surface area contributed by atoms with Gasteiger partial charge in [0.05, 0.1) is 25.9 Å². The van der Waals surface area contributed by atoms with Crippen LogP contribution in [-0.2, 0) is 19.5 Å². The maximum absolute atomic E-state index is 12.6. The summed E-state index contributed by atoms with van der Waals surface area (Å²) in [6.07, 6.45) is 2.41. The lowest BCUT2D eigenvalue weighted by atomic mass is 10.0. The first-order chi connectivity index (χ1) is 16.0. The number of carbonyl (C=O) groups excluding carboxylic acids is 2. The molecule has 1 unspecified atom stereocenters. The zero-order valence-electron chi connectivity index (χ0n) is 18.5. The van der Waals surface area contributed by atoms with Gasteiger partial charge in [0.15, 0.2) is 5.69 Å². The second-order valence-electron chi connectivity index (χ2n) is 7.75. The van der Waals surface area contributed by atoms with Crippen LogP contribution in [0, 0.1) is 11.3 Å². The highest BCUT2D eigenvalue weighted by atomic mass is 16.5. The molecule has 2 aromatic carbocycles. The summed E-state index contributed by atoms with van der Waals surface area (Å²) in [6, 6.07) is 14.3. The fourth-order valence-corrected chi connectivity index (χ4v) is 3.74. The van der Waals surface area contributed by atoms with Gasteiger partial charge >= 0.3 is 0 Å². The fraction of sp³-hybridized carbons (Fsp3) is 0.292. The zero-order valence-corrected chi connectivity index (χ0v) is 18.5.